The van der Waals surface area contributed by atoms with Gasteiger partial charge < -0.3 is 15.4 Å². The number of hydrogen-bond acceptors (Lipinski definition) is 4. The van der Waals surface area contributed by atoms with Gasteiger partial charge in [-0.2, -0.15) is 0 Å². The molecule has 0 aromatic heterocycles. The number of urea groups is 1. The van der Waals surface area contributed by atoms with E-state index >= 15 is 0 Å². The monoisotopic (exact) mass is 278 g/mol. The van der Waals surface area contributed by atoms with E-state index < -0.39 is 12.2 Å². The summed E-state index contributed by atoms with van der Waals surface area (Å²) in [6.07, 6.45) is -0.701. The standard InChI is InChI=1S/C13H18N4O3/c1-8(2)20-10-6-4-3-5-9(10)7-14-12(18)11-15-13(19)17-16-11/h3-6,8,11,16H,7H2,1-2H3,(H,14,18)(H2,15,17,19). The first-order chi connectivity index (χ1) is 9.56. The molecule has 2 rings (SSSR count). The maximum Gasteiger partial charge on any atom is 0.330 e. The maximum atomic E-state index is 11.8. The third kappa shape index (κ3) is 3.61. The highest BCUT2D eigenvalue weighted by atomic mass is 16.5. The van der Waals surface area contributed by atoms with Crippen LogP contribution in [0, 0.1) is 0 Å². The molecule has 1 aromatic carbocycles. The molecule has 0 spiro atoms. The minimum absolute atomic E-state index is 0.0619. The first-order valence-electron chi connectivity index (χ1n) is 6.40. The minimum atomic E-state index is -0.763. The number of rotatable bonds is 5. The Morgan fingerprint density at radius 1 is 1.40 bits per heavy atom. The Labute approximate surface area is 117 Å². The molecule has 0 saturated carbocycles. The number of hydrazine groups is 1. The molecule has 0 bridgehead atoms. The molecule has 1 aliphatic heterocycles. The lowest BCUT2D eigenvalue weighted by Crippen LogP contribution is -2.47. The molecule has 1 aliphatic rings. The Bertz CT molecular complexity index is 504. The van der Waals surface area contributed by atoms with Gasteiger partial charge in [-0.3, -0.25) is 10.2 Å². The molecule has 3 amide bonds. The third-order valence-corrected chi connectivity index (χ3v) is 2.66. The van der Waals surface area contributed by atoms with Crippen LogP contribution in [0.3, 0.4) is 0 Å². The number of carbonyl (C=O) groups excluding carboxylic acids is 2. The summed E-state index contributed by atoms with van der Waals surface area (Å²) in [6, 6.07) is 7.08. The van der Waals surface area contributed by atoms with Gasteiger partial charge in [0.15, 0.2) is 6.17 Å². The van der Waals surface area contributed by atoms with Gasteiger partial charge >= 0.3 is 6.03 Å². The SMILES string of the molecule is CC(C)Oc1ccccc1CNC(=O)C1NNC(=O)N1. The molecule has 0 radical (unpaired) electrons. The van der Waals surface area contributed by atoms with Crippen molar-refractivity contribution in [1.29, 1.82) is 0 Å². The fourth-order valence-electron chi connectivity index (χ4n) is 1.78. The minimum Gasteiger partial charge on any atom is -0.491 e. The summed E-state index contributed by atoms with van der Waals surface area (Å²) < 4.78 is 5.67. The van der Waals surface area contributed by atoms with Gasteiger partial charge in [0, 0.05) is 12.1 Å². The van der Waals surface area contributed by atoms with Gasteiger partial charge in [-0.1, -0.05) is 18.2 Å². The van der Waals surface area contributed by atoms with Crippen molar-refractivity contribution in [2.45, 2.75) is 32.7 Å². The average molecular weight is 278 g/mol. The topological polar surface area (TPSA) is 91.5 Å². The molecular formula is C13H18N4O3. The summed E-state index contributed by atoms with van der Waals surface area (Å²) in [4.78, 5) is 22.8. The van der Waals surface area contributed by atoms with Crippen molar-refractivity contribution in [3.63, 3.8) is 0 Å². The van der Waals surface area contributed by atoms with Crippen molar-refractivity contribution in [2.75, 3.05) is 0 Å². The van der Waals surface area contributed by atoms with Gasteiger partial charge in [0.25, 0.3) is 5.91 Å². The Kier molecular flexibility index (Phi) is 4.41. The van der Waals surface area contributed by atoms with E-state index in [-0.39, 0.29) is 12.0 Å². The van der Waals surface area contributed by atoms with Crippen LogP contribution in [-0.2, 0) is 11.3 Å². The van der Waals surface area contributed by atoms with Crippen molar-refractivity contribution >= 4 is 11.9 Å². The largest absolute Gasteiger partial charge is 0.491 e. The number of carbonyl (C=O) groups is 2. The zero-order valence-electron chi connectivity index (χ0n) is 11.4. The van der Waals surface area contributed by atoms with Crippen LogP contribution in [0.15, 0.2) is 24.3 Å². The van der Waals surface area contributed by atoms with Crippen LogP contribution in [0.5, 0.6) is 5.75 Å². The van der Waals surface area contributed by atoms with Crippen molar-refractivity contribution in [1.82, 2.24) is 21.5 Å². The summed E-state index contributed by atoms with van der Waals surface area (Å²) in [5.74, 6) is 0.423. The third-order valence-electron chi connectivity index (χ3n) is 2.66. The molecule has 4 N–H and O–H groups in total. The fraction of sp³-hybridized carbons (Fsp3) is 0.385. The van der Waals surface area contributed by atoms with Crippen LogP contribution in [0.1, 0.15) is 19.4 Å². The summed E-state index contributed by atoms with van der Waals surface area (Å²) in [6.45, 7) is 4.22. The van der Waals surface area contributed by atoms with Crippen LogP contribution in [0.25, 0.3) is 0 Å². The van der Waals surface area contributed by atoms with Gasteiger partial charge in [-0.15, -0.1) is 0 Å². The number of benzene rings is 1. The lowest BCUT2D eigenvalue weighted by atomic mass is 10.2. The maximum absolute atomic E-state index is 11.8. The number of nitrogens with one attached hydrogen (secondary N) is 4. The lowest BCUT2D eigenvalue weighted by molar-refractivity contribution is -0.123. The van der Waals surface area contributed by atoms with E-state index in [1.165, 1.54) is 0 Å². The van der Waals surface area contributed by atoms with Crippen LogP contribution in [0.4, 0.5) is 4.79 Å². The number of hydrogen-bond donors (Lipinski definition) is 4. The van der Waals surface area contributed by atoms with Crippen LogP contribution < -0.4 is 26.2 Å². The van der Waals surface area contributed by atoms with Gasteiger partial charge in [-0.05, 0) is 19.9 Å². The second-order valence-corrected chi connectivity index (χ2v) is 4.67. The number of para-hydroxylation sites is 1. The summed E-state index contributed by atoms with van der Waals surface area (Å²) in [5.41, 5.74) is 5.72. The summed E-state index contributed by atoms with van der Waals surface area (Å²) >= 11 is 0. The van der Waals surface area contributed by atoms with E-state index in [4.69, 9.17) is 4.74 Å². The predicted octanol–water partition coefficient (Wildman–Crippen LogP) is 0.234. The molecule has 1 atom stereocenters. The molecule has 1 aromatic rings. The fourth-order valence-corrected chi connectivity index (χ4v) is 1.78. The lowest BCUT2D eigenvalue weighted by Gasteiger charge is -2.15. The van der Waals surface area contributed by atoms with Gasteiger partial charge in [0.2, 0.25) is 0 Å². The molecule has 1 fully saturated rings. The Hall–Kier alpha value is -2.28. The molecule has 1 heterocycles. The second-order valence-electron chi connectivity index (χ2n) is 4.67. The Morgan fingerprint density at radius 2 is 2.15 bits per heavy atom. The first kappa shape index (κ1) is 14.1. The van der Waals surface area contributed by atoms with Crippen LogP contribution in [-0.4, -0.2) is 24.2 Å². The molecule has 1 saturated heterocycles. The average Bonchev–Trinajstić information content (AvgIpc) is 2.83. The van der Waals surface area contributed by atoms with Crippen LogP contribution in [0.2, 0.25) is 0 Å². The van der Waals surface area contributed by atoms with E-state index in [1.807, 2.05) is 38.1 Å². The van der Waals surface area contributed by atoms with E-state index in [9.17, 15) is 9.59 Å². The highest BCUT2D eigenvalue weighted by Crippen LogP contribution is 2.19. The normalized spacial score (nSPS) is 17.6. The van der Waals surface area contributed by atoms with Crippen molar-refractivity contribution in [2.24, 2.45) is 0 Å². The number of ether oxygens (including phenoxy) is 1. The summed E-state index contributed by atoms with van der Waals surface area (Å²) in [5, 5.41) is 5.17. The molecule has 7 nitrogen and oxygen atoms in total. The zero-order valence-corrected chi connectivity index (χ0v) is 11.4. The predicted molar refractivity (Wildman–Crippen MR) is 72.6 cm³/mol. The van der Waals surface area contributed by atoms with E-state index in [1.54, 1.807) is 0 Å². The van der Waals surface area contributed by atoms with E-state index in [0.717, 1.165) is 11.3 Å². The van der Waals surface area contributed by atoms with Gasteiger partial charge in [-0.25, -0.2) is 10.2 Å². The quantitative estimate of drug-likeness (QED) is 0.620. The molecule has 108 valence electrons. The molecule has 7 heteroatoms. The van der Waals surface area contributed by atoms with Crippen molar-refractivity contribution in [3.05, 3.63) is 29.8 Å². The van der Waals surface area contributed by atoms with Crippen molar-refractivity contribution < 1.29 is 14.3 Å². The Balaban J connectivity index is 1.93. The number of amides is 3. The molecule has 20 heavy (non-hydrogen) atoms. The molecule has 1 unspecified atom stereocenters. The highest BCUT2D eigenvalue weighted by Gasteiger charge is 2.25. The summed E-state index contributed by atoms with van der Waals surface area (Å²) in [7, 11) is 0. The van der Waals surface area contributed by atoms with E-state index in [0.29, 0.717) is 6.54 Å². The zero-order chi connectivity index (χ0) is 14.5. The van der Waals surface area contributed by atoms with E-state index in [2.05, 4.69) is 21.5 Å². The molecular weight excluding hydrogens is 260 g/mol. The smallest absolute Gasteiger partial charge is 0.330 e. The first-order valence-corrected chi connectivity index (χ1v) is 6.40. The second kappa shape index (κ2) is 6.25. The van der Waals surface area contributed by atoms with Crippen LogP contribution >= 0.6 is 0 Å². The molecule has 0 aliphatic carbocycles. The van der Waals surface area contributed by atoms with Gasteiger partial charge in [0.05, 0.1) is 6.10 Å². The highest BCUT2D eigenvalue weighted by molar-refractivity contribution is 5.88. The van der Waals surface area contributed by atoms with Crippen molar-refractivity contribution in [3.8, 4) is 5.75 Å². The Morgan fingerprint density at radius 3 is 2.80 bits per heavy atom. The van der Waals surface area contributed by atoms with Gasteiger partial charge in [0.1, 0.15) is 5.75 Å².